The van der Waals surface area contributed by atoms with E-state index in [1.165, 1.54) is 6.92 Å². The standard InChI is InChI=1S/C33H54N6O7/c1-20(2)27(31(44)35-19-23-14-16-34-17-15-23)39-28(41)21(3)18-26(40)24-12-10-8-9-11-13-25(38-32(45)46-33(5,6)7)30(43)36-22(4)29(42)37-24/h14-17,20-22,24-27,40H,8-13,18-19H2,1-7H3,(H,35,44)(H,36,43)(H,37,42)(H,38,45)(H,39,41)/t21-,22+,24+,25+,26+,27+/m1/s1. The highest BCUT2D eigenvalue weighted by Gasteiger charge is 2.32. The second-order valence-corrected chi connectivity index (χ2v) is 13.5. The minimum absolute atomic E-state index is 0.0584. The van der Waals surface area contributed by atoms with Crippen molar-refractivity contribution in [1.29, 1.82) is 0 Å². The average Bonchev–Trinajstić information content (AvgIpc) is 2.98. The fourth-order valence-corrected chi connectivity index (χ4v) is 5.10. The number of aliphatic hydroxyl groups is 1. The Balaban J connectivity index is 2.00. The van der Waals surface area contributed by atoms with Gasteiger partial charge in [0.05, 0.1) is 12.1 Å². The normalized spacial score (nSPS) is 22.0. The van der Waals surface area contributed by atoms with Gasteiger partial charge in [0.15, 0.2) is 0 Å². The van der Waals surface area contributed by atoms with Crippen LogP contribution in [-0.4, -0.2) is 75.7 Å². The molecule has 1 aliphatic rings. The summed E-state index contributed by atoms with van der Waals surface area (Å²) in [5.74, 6) is -2.51. The lowest BCUT2D eigenvalue weighted by Gasteiger charge is -2.29. The number of hydrogen-bond donors (Lipinski definition) is 6. The van der Waals surface area contributed by atoms with E-state index in [4.69, 9.17) is 4.74 Å². The summed E-state index contributed by atoms with van der Waals surface area (Å²) in [4.78, 5) is 68.5. The summed E-state index contributed by atoms with van der Waals surface area (Å²) < 4.78 is 5.30. The van der Waals surface area contributed by atoms with Crippen molar-refractivity contribution in [2.24, 2.45) is 11.8 Å². The highest BCUT2D eigenvalue weighted by atomic mass is 16.6. The molecule has 0 aliphatic carbocycles. The topological polar surface area (TPSA) is 188 Å². The summed E-state index contributed by atoms with van der Waals surface area (Å²) in [6.07, 6.45) is 5.39. The first kappa shape index (κ1) is 38.4. The molecule has 46 heavy (non-hydrogen) atoms. The molecule has 13 heteroatoms. The number of pyridine rings is 1. The zero-order valence-electron chi connectivity index (χ0n) is 28.4. The fraction of sp³-hybridized carbons (Fsp3) is 0.697. The minimum Gasteiger partial charge on any atom is -0.444 e. The van der Waals surface area contributed by atoms with Gasteiger partial charge >= 0.3 is 6.09 Å². The quantitative estimate of drug-likeness (QED) is 0.224. The largest absolute Gasteiger partial charge is 0.444 e. The second-order valence-electron chi connectivity index (χ2n) is 13.5. The van der Waals surface area contributed by atoms with E-state index < -0.39 is 59.7 Å². The van der Waals surface area contributed by atoms with Crippen LogP contribution in [0.3, 0.4) is 0 Å². The molecular formula is C33H54N6O7. The van der Waals surface area contributed by atoms with Crippen molar-refractivity contribution in [2.45, 2.75) is 136 Å². The SMILES string of the molecule is CC(C)[C@H](NC(=O)[C@H](C)C[C@H](O)[C@@H]1CCCCCC[C@H](NC(=O)OC(C)(C)C)C(=O)N[C@@H](C)C(=O)N1)C(=O)NCc1ccncc1. The van der Waals surface area contributed by atoms with Gasteiger partial charge in [-0.1, -0.05) is 46.5 Å². The van der Waals surface area contributed by atoms with Crippen LogP contribution in [-0.2, 0) is 30.5 Å². The third-order valence-electron chi connectivity index (χ3n) is 7.82. The molecule has 5 amide bonds. The van der Waals surface area contributed by atoms with Crippen molar-refractivity contribution < 1.29 is 33.8 Å². The molecule has 0 saturated carbocycles. The van der Waals surface area contributed by atoms with Crippen LogP contribution in [0, 0.1) is 11.8 Å². The highest BCUT2D eigenvalue weighted by Crippen LogP contribution is 2.18. The number of nitrogens with one attached hydrogen (secondary N) is 5. The number of aromatic nitrogens is 1. The molecule has 2 rings (SSSR count). The number of nitrogens with zero attached hydrogens (tertiary/aromatic N) is 1. The first-order valence-corrected chi connectivity index (χ1v) is 16.3. The lowest BCUT2D eigenvalue weighted by Crippen LogP contribution is -2.55. The molecule has 1 aromatic heterocycles. The molecule has 2 heterocycles. The van der Waals surface area contributed by atoms with Crippen LogP contribution in [0.4, 0.5) is 4.79 Å². The Morgan fingerprint density at radius 2 is 1.61 bits per heavy atom. The van der Waals surface area contributed by atoms with Gasteiger partial charge in [0.2, 0.25) is 23.6 Å². The van der Waals surface area contributed by atoms with Gasteiger partial charge in [0.1, 0.15) is 23.7 Å². The number of carbonyl (C=O) groups is 5. The van der Waals surface area contributed by atoms with Crippen LogP contribution < -0.4 is 26.6 Å². The number of alkyl carbamates (subject to hydrolysis) is 1. The Kier molecular flexibility index (Phi) is 15.4. The van der Waals surface area contributed by atoms with Crippen LogP contribution in [0.15, 0.2) is 24.5 Å². The van der Waals surface area contributed by atoms with E-state index in [-0.39, 0.29) is 24.2 Å². The van der Waals surface area contributed by atoms with Crippen molar-refractivity contribution in [3.05, 3.63) is 30.1 Å². The Labute approximate surface area is 272 Å². The molecule has 258 valence electrons. The van der Waals surface area contributed by atoms with E-state index in [2.05, 4.69) is 31.6 Å². The molecule has 0 bridgehead atoms. The van der Waals surface area contributed by atoms with E-state index in [0.29, 0.717) is 32.2 Å². The third kappa shape index (κ3) is 13.7. The molecule has 0 unspecified atom stereocenters. The van der Waals surface area contributed by atoms with Gasteiger partial charge in [-0.15, -0.1) is 0 Å². The maximum absolute atomic E-state index is 13.2. The third-order valence-corrected chi connectivity index (χ3v) is 7.82. The molecule has 0 aromatic carbocycles. The molecular weight excluding hydrogens is 592 g/mol. The van der Waals surface area contributed by atoms with Crippen LogP contribution in [0.1, 0.15) is 99.0 Å². The van der Waals surface area contributed by atoms with Crippen molar-refractivity contribution in [2.75, 3.05) is 0 Å². The summed E-state index contributed by atoms with van der Waals surface area (Å²) in [5.41, 5.74) is 0.158. The molecule has 1 saturated heterocycles. The Bertz CT molecular complexity index is 1160. The lowest BCUT2D eigenvalue weighted by molar-refractivity contribution is -0.132. The highest BCUT2D eigenvalue weighted by molar-refractivity contribution is 5.91. The van der Waals surface area contributed by atoms with E-state index in [9.17, 15) is 29.1 Å². The van der Waals surface area contributed by atoms with Gasteiger partial charge in [-0.25, -0.2) is 4.79 Å². The molecule has 1 aromatic rings. The van der Waals surface area contributed by atoms with Crippen LogP contribution in [0.5, 0.6) is 0 Å². The number of aliphatic hydroxyl groups excluding tert-OH is 1. The molecule has 1 aliphatic heterocycles. The summed E-state index contributed by atoms with van der Waals surface area (Å²) in [5, 5.41) is 25.0. The van der Waals surface area contributed by atoms with Crippen LogP contribution in [0.25, 0.3) is 0 Å². The fourth-order valence-electron chi connectivity index (χ4n) is 5.10. The molecule has 6 N–H and O–H groups in total. The molecule has 1 fully saturated rings. The lowest BCUT2D eigenvalue weighted by atomic mass is 9.93. The molecule has 6 atom stereocenters. The molecule has 0 radical (unpaired) electrons. The van der Waals surface area contributed by atoms with Crippen molar-refractivity contribution in [3.8, 4) is 0 Å². The molecule has 0 spiro atoms. The summed E-state index contributed by atoms with van der Waals surface area (Å²) in [6, 6.07) is 0.374. The first-order valence-electron chi connectivity index (χ1n) is 16.3. The second kappa shape index (κ2) is 18.4. The Morgan fingerprint density at radius 1 is 0.978 bits per heavy atom. The number of carbonyl (C=O) groups excluding carboxylic acids is 5. The first-order chi connectivity index (χ1) is 21.6. The Morgan fingerprint density at radius 3 is 2.22 bits per heavy atom. The predicted octanol–water partition coefficient (Wildman–Crippen LogP) is 2.46. The van der Waals surface area contributed by atoms with Crippen LogP contribution in [0.2, 0.25) is 0 Å². The summed E-state index contributed by atoms with van der Waals surface area (Å²) in [7, 11) is 0. The van der Waals surface area contributed by atoms with E-state index >= 15 is 0 Å². The molecule has 13 nitrogen and oxygen atoms in total. The predicted molar refractivity (Wildman–Crippen MR) is 173 cm³/mol. The zero-order chi connectivity index (χ0) is 34.4. The number of amides is 5. The summed E-state index contributed by atoms with van der Waals surface area (Å²) in [6.45, 7) is 12.4. The monoisotopic (exact) mass is 646 g/mol. The Hall–Kier alpha value is -3.74. The van der Waals surface area contributed by atoms with Gasteiger partial charge in [-0.3, -0.25) is 24.2 Å². The van der Waals surface area contributed by atoms with E-state index in [0.717, 1.165) is 18.4 Å². The maximum Gasteiger partial charge on any atom is 0.408 e. The number of rotatable bonds is 10. The van der Waals surface area contributed by atoms with Crippen molar-refractivity contribution in [1.82, 2.24) is 31.6 Å². The zero-order valence-corrected chi connectivity index (χ0v) is 28.4. The van der Waals surface area contributed by atoms with Gasteiger partial charge in [0, 0.05) is 24.9 Å². The van der Waals surface area contributed by atoms with Gasteiger partial charge in [-0.05, 0) is 70.6 Å². The van der Waals surface area contributed by atoms with E-state index in [1.807, 2.05) is 13.8 Å². The van der Waals surface area contributed by atoms with Crippen LogP contribution >= 0.6 is 0 Å². The van der Waals surface area contributed by atoms with Gasteiger partial charge < -0.3 is 36.4 Å². The maximum atomic E-state index is 13.2. The minimum atomic E-state index is -1.04. The smallest absolute Gasteiger partial charge is 0.408 e. The average molecular weight is 647 g/mol. The van der Waals surface area contributed by atoms with E-state index in [1.54, 1.807) is 52.2 Å². The number of ether oxygens (including phenoxy) is 1. The van der Waals surface area contributed by atoms with Gasteiger partial charge in [0.25, 0.3) is 0 Å². The summed E-state index contributed by atoms with van der Waals surface area (Å²) >= 11 is 0. The number of hydrogen-bond acceptors (Lipinski definition) is 8. The van der Waals surface area contributed by atoms with Crippen molar-refractivity contribution in [3.63, 3.8) is 0 Å². The van der Waals surface area contributed by atoms with Crippen molar-refractivity contribution >= 4 is 29.7 Å². The van der Waals surface area contributed by atoms with Gasteiger partial charge in [-0.2, -0.15) is 0 Å².